The lowest BCUT2D eigenvalue weighted by Gasteiger charge is -2.31. The largest absolute Gasteiger partial charge is 0.429 e. The van der Waals surface area contributed by atoms with E-state index in [1.165, 1.54) is 6.42 Å². The molecule has 3 fully saturated rings. The number of carbonyl (C=O) groups excluding carboxylic acids is 1. The number of rotatable bonds is 1. The average Bonchev–Trinajstić information content (AvgIpc) is 2.82. The molecule has 0 aromatic rings. The third-order valence-corrected chi connectivity index (χ3v) is 4.32. The van der Waals surface area contributed by atoms with Gasteiger partial charge in [0.25, 0.3) is 5.79 Å². The van der Waals surface area contributed by atoms with Crippen LogP contribution < -0.4 is 5.48 Å². The van der Waals surface area contributed by atoms with Gasteiger partial charge in [-0.05, 0) is 24.7 Å². The van der Waals surface area contributed by atoms with Crippen LogP contribution in [0.15, 0.2) is 0 Å². The van der Waals surface area contributed by atoms with E-state index in [9.17, 15) is 4.79 Å². The first-order valence-corrected chi connectivity index (χ1v) is 7.70. The predicted molar refractivity (Wildman–Crippen MR) is 72.4 cm³/mol. The lowest BCUT2D eigenvalue weighted by atomic mass is 9.86. The molecule has 1 saturated carbocycles. The molecule has 114 valence electrons. The van der Waals surface area contributed by atoms with Crippen LogP contribution in [-0.2, 0) is 19.1 Å². The van der Waals surface area contributed by atoms with E-state index in [1.54, 1.807) is 0 Å². The Bertz CT molecular complexity index is 397. The van der Waals surface area contributed by atoms with Gasteiger partial charge in [0.2, 0.25) is 5.79 Å². The molecule has 2 atom stereocenters. The number of nitrogens with one attached hydrogen (secondary N) is 1. The molecule has 0 aromatic carbocycles. The number of ether oxygens (including phenoxy) is 2. The molecule has 0 amide bonds. The summed E-state index contributed by atoms with van der Waals surface area (Å²) in [5.74, 6) is -2.30. The van der Waals surface area contributed by atoms with E-state index in [0.29, 0.717) is 6.42 Å². The minimum absolute atomic E-state index is 0.126. The van der Waals surface area contributed by atoms with Gasteiger partial charge in [-0.1, -0.05) is 27.2 Å². The Labute approximate surface area is 120 Å². The number of hydrogen-bond acceptors (Lipinski definition) is 5. The zero-order chi connectivity index (χ0) is 14.4. The highest BCUT2D eigenvalue weighted by molar-refractivity contribution is 5.80. The van der Waals surface area contributed by atoms with Crippen LogP contribution in [0.1, 0.15) is 65.7 Å². The highest BCUT2D eigenvalue weighted by Crippen LogP contribution is 2.46. The van der Waals surface area contributed by atoms with E-state index in [0.717, 1.165) is 32.1 Å². The molecular weight excluding hydrogens is 258 g/mol. The predicted octanol–water partition coefficient (Wildman–Crippen LogP) is 2.65. The van der Waals surface area contributed by atoms with E-state index in [2.05, 4.69) is 26.3 Å². The summed E-state index contributed by atoms with van der Waals surface area (Å²) in [5, 5.41) is 0. The maximum absolute atomic E-state index is 12.3. The Kier molecular flexibility index (Phi) is 3.35. The Morgan fingerprint density at radius 1 is 1.25 bits per heavy atom. The normalized spacial score (nSPS) is 36.8. The molecule has 0 aromatic heterocycles. The highest BCUT2D eigenvalue weighted by Gasteiger charge is 2.62. The fourth-order valence-corrected chi connectivity index (χ4v) is 3.53. The van der Waals surface area contributed by atoms with Crippen LogP contribution in [-0.4, -0.2) is 23.6 Å². The first-order valence-electron chi connectivity index (χ1n) is 7.70. The molecule has 2 heterocycles. The van der Waals surface area contributed by atoms with Crippen molar-refractivity contribution in [3.05, 3.63) is 0 Å². The van der Waals surface area contributed by atoms with Crippen molar-refractivity contribution in [3.8, 4) is 0 Å². The van der Waals surface area contributed by atoms with Gasteiger partial charge >= 0.3 is 5.97 Å². The van der Waals surface area contributed by atoms with Gasteiger partial charge in [-0.3, -0.25) is 9.57 Å². The molecule has 0 unspecified atom stereocenters. The molecule has 1 aliphatic carbocycles. The lowest BCUT2D eigenvalue weighted by Crippen LogP contribution is -2.39. The molecule has 2 saturated heterocycles. The first-order chi connectivity index (χ1) is 9.33. The second kappa shape index (κ2) is 4.68. The molecule has 2 spiro atoms. The molecule has 0 bridgehead atoms. The van der Waals surface area contributed by atoms with Crippen molar-refractivity contribution in [2.45, 2.75) is 83.3 Å². The Balaban J connectivity index is 1.69. The van der Waals surface area contributed by atoms with Crippen LogP contribution >= 0.6 is 0 Å². The third kappa shape index (κ3) is 2.59. The van der Waals surface area contributed by atoms with Gasteiger partial charge in [0.05, 0.1) is 0 Å². The zero-order valence-corrected chi connectivity index (χ0v) is 12.7. The fraction of sp³-hybridized carbons (Fsp3) is 0.933. The van der Waals surface area contributed by atoms with E-state index >= 15 is 0 Å². The maximum atomic E-state index is 12.3. The maximum Gasteiger partial charge on any atom is 0.371 e. The van der Waals surface area contributed by atoms with Gasteiger partial charge in [0.15, 0.2) is 0 Å². The molecule has 3 rings (SSSR count). The minimum atomic E-state index is -1.22. The fourth-order valence-electron chi connectivity index (χ4n) is 3.53. The van der Waals surface area contributed by atoms with Crippen LogP contribution in [0.25, 0.3) is 0 Å². The summed E-state index contributed by atoms with van der Waals surface area (Å²) in [6, 6.07) is 0.126. The molecule has 1 N–H and O–H groups in total. The Hall–Kier alpha value is -0.650. The SMILES string of the molecule is CC(C)(C)C[C@H]1C[C@]2(ON1)OC1(CCCCC1)OC2=O. The lowest BCUT2D eigenvalue weighted by molar-refractivity contribution is -0.270. The van der Waals surface area contributed by atoms with Crippen LogP contribution in [0.2, 0.25) is 0 Å². The number of carbonyl (C=O) groups is 1. The summed E-state index contributed by atoms with van der Waals surface area (Å²) in [4.78, 5) is 17.8. The third-order valence-electron chi connectivity index (χ3n) is 4.32. The van der Waals surface area contributed by atoms with Crippen LogP contribution in [0, 0.1) is 5.41 Å². The van der Waals surface area contributed by atoms with Crippen molar-refractivity contribution < 1.29 is 19.1 Å². The second-order valence-electron chi connectivity index (χ2n) is 7.60. The van der Waals surface area contributed by atoms with E-state index in [-0.39, 0.29) is 17.4 Å². The van der Waals surface area contributed by atoms with Gasteiger partial charge in [0.1, 0.15) is 0 Å². The molecule has 5 heteroatoms. The second-order valence-corrected chi connectivity index (χ2v) is 7.60. The van der Waals surface area contributed by atoms with Crippen molar-refractivity contribution in [1.82, 2.24) is 5.48 Å². The van der Waals surface area contributed by atoms with Crippen LogP contribution in [0.3, 0.4) is 0 Å². The van der Waals surface area contributed by atoms with E-state index in [4.69, 9.17) is 14.3 Å². The van der Waals surface area contributed by atoms with Crippen LogP contribution in [0.5, 0.6) is 0 Å². The Morgan fingerprint density at radius 3 is 2.60 bits per heavy atom. The molecule has 2 aliphatic heterocycles. The number of hydroxylamine groups is 1. The molecule has 0 radical (unpaired) electrons. The summed E-state index contributed by atoms with van der Waals surface area (Å²) in [5.41, 5.74) is 3.15. The zero-order valence-electron chi connectivity index (χ0n) is 12.7. The van der Waals surface area contributed by atoms with Gasteiger partial charge in [-0.25, -0.2) is 4.79 Å². The number of hydrogen-bond donors (Lipinski definition) is 1. The minimum Gasteiger partial charge on any atom is -0.429 e. The molecule has 3 aliphatic rings. The van der Waals surface area contributed by atoms with Gasteiger partial charge in [-0.15, -0.1) is 0 Å². The highest BCUT2D eigenvalue weighted by atomic mass is 16.9. The van der Waals surface area contributed by atoms with E-state index < -0.39 is 11.6 Å². The van der Waals surface area contributed by atoms with Gasteiger partial charge < -0.3 is 4.74 Å². The molecular formula is C15H25NO4. The van der Waals surface area contributed by atoms with Crippen molar-refractivity contribution in [2.75, 3.05) is 0 Å². The van der Waals surface area contributed by atoms with Crippen LogP contribution in [0.4, 0.5) is 0 Å². The summed E-state index contributed by atoms with van der Waals surface area (Å²) >= 11 is 0. The molecule has 20 heavy (non-hydrogen) atoms. The van der Waals surface area contributed by atoms with Gasteiger partial charge in [-0.2, -0.15) is 5.48 Å². The first kappa shape index (κ1) is 14.3. The summed E-state index contributed by atoms with van der Waals surface area (Å²) in [6.45, 7) is 6.53. The summed E-state index contributed by atoms with van der Waals surface area (Å²) in [6.07, 6.45) is 6.30. The van der Waals surface area contributed by atoms with Gasteiger partial charge in [0, 0.05) is 25.3 Å². The average molecular weight is 283 g/mol. The smallest absolute Gasteiger partial charge is 0.371 e. The van der Waals surface area contributed by atoms with Crippen molar-refractivity contribution in [3.63, 3.8) is 0 Å². The Morgan fingerprint density at radius 2 is 1.95 bits per heavy atom. The monoisotopic (exact) mass is 283 g/mol. The standard InChI is InChI=1S/C15H25NO4/c1-13(2,3)9-11-10-15(20-16-11)12(17)18-14(19-15)7-5-4-6-8-14/h11,16H,4-10H2,1-3H3/t11-,15+/m0/s1. The van der Waals surface area contributed by atoms with Crippen molar-refractivity contribution >= 4 is 5.97 Å². The van der Waals surface area contributed by atoms with Crippen molar-refractivity contribution in [1.29, 1.82) is 0 Å². The number of esters is 1. The summed E-state index contributed by atoms with van der Waals surface area (Å²) in [7, 11) is 0. The quantitative estimate of drug-likeness (QED) is 0.750. The van der Waals surface area contributed by atoms with E-state index in [1.807, 2.05) is 0 Å². The summed E-state index contributed by atoms with van der Waals surface area (Å²) < 4.78 is 11.6. The topological polar surface area (TPSA) is 56.8 Å². The molecule has 5 nitrogen and oxygen atoms in total. The van der Waals surface area contributed by atoms with Crippen molar-refractivity contribution in [2.24, 2.45) is 5.41 Å².